The van der Waals surface area contributed by atoms with Crippen LogP contribution in [0.4, 0.5) is 14.6 Å². The van der Waals surface area contributed by atoms with Gasteiger partial charge in [-0.1, -0.05) is 23.9 Å². The number of nitrogens with two attached hydrogens (primary N) is 1. The SMILES string of the molecule is Cc1nc(N)cc(-c2ccc(SC(F)F)cc2)n1. The molecule has 2 rings (SSSR count). The zero-order valence-corrected chi connectivity index (χ0v) is 10.4. The summed E-state index contributed by atoms with van der Waals surface area (Å²) < 4.78 is 24.4. The Bertz CT molecular complexity index is 523. The second-order valence-corrected chi connectivity index (χ2v) is 4.69. The molecule has 94 valence electrons. The van der Waals surface area contributed by atoms with Gasteiger partial charge < -0.3 is 5.73 Å². The summed E-state index contributed by atoms with van der Waals surface area (Å²) in [6.07, 6.45) is 0. The summed E-state index contributed by atoms with van der Waals surface area (Å²) in [5.74, 6) is -1.44. The van der Waals surface area contributed by atoms with E-state index in [2.05, 4.69) is 9.97 Å². The van der Waals surface area contributed by atoms with Gasteiger partial charge in [0.05, 0.1) is 5.69 Å². The summed E-state index contributed by atoms with van der Waals surface area (Å²) in [6.45, 7) is 1.75. The monoisotopic (exact) mass is 267 g/mol. The third-order valence-corrected chi connectivity index (χ3v) is 2.96. The van der Waals surface area contributed by atoms with Crippen LogP contribution in [-0.2, 0) is 0 Å². The van der Waals surface area contributed by atoms with Crippen molar-refractivity contribution in [1.29, 1.82) is 0 Å². The van der Waals surface area contributed by atoms with Gasteiger partial charge >= 0.3 is 0 Å². The Kier molecular flexibility index (Phi) is 3.76. The van der Waals surface area contributed by atoms with E-state index in [1.807, 2.05) is 0 Å². The third kappa shape index (κ3) is 3.16. The first kappa shape index (κ1) is 12.8. The van der Waals surface area contributed by atoms with Gasteiger partial charge in [-0.05, 0) is 19.1 Å². The Hall–Kier alpha value is -1.69. The second-order valence-electron chi connectivity index (χ2n) is 3.63. The third-order valence-electron chi connectivity index (χ3n) is 2.23. The lowest BCUT2D eigenvalue weighted by Gasteiger charge is -2.05. The van der Waals surface area contributed by atoms with Gasteiger partial charge in [-0.25, -0.2) is 9.97 Å². The van der Waals surface area contributed by atoms with Crippen LogP contribution < -0.4 is 5.73 Å². The number of aromatic nitrogens is 2. The van der Waals surface area contributed by atoms with Gasteiger partial charge in [0.25, 0.3) is 5.76 Å². The number of thioether (sulfide) groups is 1. The number of aryl methyl sites for hydroxylation is 1. The lowest BCUT2D eigenvalue weighted by molar-refractivity contribution is 0.252. The Morgan fingerprint density at radius 2 is 1.83 bits per heavy atom. The summed E-state index contributed by atoms with van der Waals surface area (Å²) in [4.78, 5) is 8.75. The van der Waals surface area contributed by atoms with Gasteiger partial charge in [0.15, 0.2) is 0 Å². The van der Waals surface area contributed by atoms with Crippen molar-refractivity contribution in [3.8, 4) is 11.3 Å². The molecule has 0 aliphatic heterocycles. The molecule has 0 aliphatic rings. The quantitative estimate of drug-likeness (QED) is 0.866. The van der Waals surface area contributed by atoms with Crippen LogP contribution in [0.5, 0.6) is 0 Å². The van der Waals surface area contributed by atoms with Crippen molar-refractivity contribution in [3.63, 3.8) is 0 Å². The van der Waals surface area contributed by atoms with Crippen molar-refractivity contribution in [3.05, 3.63) is 36.2 Å². The fourth-order valence-corrected chi connectivity index (χ4v) is 2.04. The van der Waals surface area contributed by atoms with E-state index in [9.17, 15) is 8.78 Å². The van der Waals surface area contributed by atoms with Crippen LogP contribution in [0.2, 0.25) is 0 Å². The van der Waals surface area contributed by atoms with E-state index in [0.717, 1.165) is 5.56 Å². The molecular formula is C12H11F2N3S. The van der Waals surface area contributed by atoms with E-state index >= 15 is 0 Å². The van der Waals surface area contributed by atoms with Gasteiger partial charge in [-0.2, -0.15) is 8.78 Å². The van der Waals surface area contributed by atoms with Crippen molar-refractivity contribution < 1.29 is 8.78 Å². The smallest absolute Gasteiger partial charge is 0.288 e. The molecule has 1 aromatic carbocycles. The summed E-state index contributed by atoms with van der Waals surface area (Å²) >= 11 is 0.518. The number of halogens is 2. The zero-order valence-electron chi connectivity index (χ0n) is 9.60. The zero-order chi connectivity index (χ0) is 13.1. The first-order valence-corrected chi connectivity index (χ1v) is 6.09. The van der Waals surface area contributed by atoms with Gasteiger partial charge in [-0.15, -0.1) is 0 Å². The fraction of sp³-hybridized carbons (Fsp3) is 0.167. The molecule has 0 saturated carbocycles. The van der Waals surface area contributed by atoms with Crippen molar-refractivity contribution in [2.45, 2.75) is 17.6 Å². The summed E-state index contributed by atoms with van der Waals surface area (Å²) in [6, 6.07) is 8.42. The molecule has 0 radical (unpaired) electrons. The lowest BCUT2D eigenvalue weighted by Crippen LogP contribution is -1.97. The Morgan fingerprint density at radius 1 is 1.17 bits per heavy atom. The molecule has 3 nitrogen and oxygen atoms in total. The van der Waals surface area contributed by atoms with Gasteiger partial charge in [0.1, 0.15) is 11.6 Å². The largest absolute Gasteiger partial charge is 0.384 e. The predicted molar refractivity (Wildman–Crippen MR) is 68.5 cm³/mol. The van der Waals surface area contributed by atoms with Crippen LogP contribution >= 0.6 is 11.8 Å². The molecule has 18 heavy (non-hydrogen) atoms. The number of benzene rings is 1. The predicted octanol–water partition coefficient (Wildman–Crippen LogP) is 3.35. The molecule has 0 bridgehead atoms. The van der Waals surface area contributed by atoms with Crippen molar-refractivity contribution in [2.24, 2.45) is 0 Å². The molecule has 0 spiro atoms. The number of hydrogen-bond donors (Lipinski definition) is 1. The first-order chi connectivity index (χ1) is 8.54. The molecule has 2 N–H and O–H groups in total. The minimum Gasteiger partial charge on any atom is -0.384 e. The van der Waals surface area contributed by atoms with E-state index in [-0.39, 0.29) is 0 Å². The highest BCUT2D eigenvalue weighted by Crippen LogP contribution is 2.27. The second kappa shape index (κ2) is 5.30. The van der Waals surface area contributed by atoms with Gasteiger partial charge in [0, 0.05) is 16.5 Å². The van der Waals surface area contributed by atoms with Crippen LogP contribution in [0, 0.1) is 6.92 Å². The molecule has 6 heteroatoms. The molecule has 0 saturated heterocycles. The van der Waals surface area contributed by atoms with Crippen LogP contribution in [-0.4, -0.2) is 15.7 Å². The van der Waals surface area contributed by atoms with E-state index in [0.29, 0.717) is 34.0 Å². The first-order valence-electron chi connectivity index (χ1n) is 5.21. The minimum absolute atomic E-state index is 0.392. The maximum absolute atomic E-state index is 12.2. The van der Waals surface area contributed by atoms with Crippen LogP contribution in [0.1, 0.15) is 5.82 Å². The highest BCUT2D eigenvalue weighted by atomic mass is 32.2. The van der Waals surface area contributed by atoms with Crippen molar-refractivity contribution >= 4 is 17.6 Å². The topological polar surface area (TPSA) is 51.8 Å². The standard InChI is InChI=1S/C12H11F2N3S/c1-7-16-10(6-11(15)17-7)8-2-4-9(5-3-8)18-12(13)14/h2-6,12H,1H3,(H2,15,16,17). The molecule has 1 aromatic heterocycles. The Morgan fingerprint density at radius 3 is 2.39 bits per heavy atom. The number of rotatable bonds is 3. The van der Waals surface area contributed by atoms with Crippen LogP contribution in [0.15, 0.2) is 35.2 Å². The van der Waals surface area contributed by atoms with Crippen LogP contribution in [0.3, 0.4) is 0 Å². The number of nitrogens with zero attached hydrogens (tertiary/aromatic N) is 2. The number of hydrogen-bond acceptors (Lipinski definition) is 4. The van der Waals surface area contributed by atoms with Crippen molar-refractivity contribution in [2.75, 3.05) is 5.73 Å². The molecule has 0 atom stereocenters. The van der Waals surface area contributed by atoms with Crippen molar-refractivity contribution in [1.82, 2.24) is 9.97 Å². The minimum atomic E-state index is -2.41. The maximum atomic E-state index is 12.2. The lowest BCUT2D eigenvalue weighted by atomic mass is 10.1. The van der Waals surface area contributed by atoms with Gasteiger partial charge in [0.2, 0.25) is 0 Å². The fourth-order valence-electron chi connectivity index (χ4n) is 1.55. The molecule has 1 heterocycles. The number of anilines is 1. The average Bonchev–Trinajstić information content (AvgIpc) is 2.27. The van der Waals surface area contributed by atoms with E-state index in [4.69, 9.17) is 5.73 Å². The molecule has 0 unspecified atom stereocenters. The normalized spacial score (nSPS) is 10.9. The highest BCUT2D eigenvalue weighted by Gasteiger charge is 2.06. The van der Waals surface area contributed by atoms with Crippen LogP contribution in [0.25, 0.3) is 11.3 Å². The van der Waals surface area contributed by atoms with Gasteiger partial charge in [-0.3, -0.25) is 0 Å². The molecule has 0 amide bonds. The summed E-state index contributed by atoms with van der Waals surface area (Å²) in [5, 5.41) is 0. The number of alkyl halides is 2. The molecule has 0 aliphatic carbocycles. The number of nitrogen functional groups attached to an aromatic ring is 1. The maximum Gasteiger partial charge on any atom is 0.288 e. The molecular weight excluding hydrogens is 256 g/mol. The Labute approximate surface area is 107 Å². The molecule has 2 aromatic rings. The highest BCUT2D eigenvalue weighted by molar-refractivity contribution is 7.99. The Balaban J connectivity index is 2.28. The summed E-state index contributed by atoms with van der Waals surface area (Å²) in [5.41, 5.74) is 7.15. The van der Waals surface area contributed by atoms with E-state index < -0.39 is 5.76 Å². The molecule has 0 fully saturated rings. The van der Waals surface area contributed by atoms with E-state index in [1.165, 1.54) is 0 Å². The summed E-state index contributed by atoms with van der Waals surface area (Å²) in [7, 11) is 0. The average molecular weight is 267 g/mol. The van der Waals surface area contributed by atoms with E-state index in [1.54, 1.807) is 37.3 Å².